The Morgan fingerprint density at radius 3 is 1.00 bits per heavy atom. The first-order valence-electron chi connectivity index (χ1n) is 1.51. The van der Waals surface area contributed by atoms with E-state index in [1.807, 2.05) is 0 Å². The quantitative estimate of drug-likeness (QED) is 0.220. The van der Waals surface area contributed by atoms with E-state index in [0.29, 0.717) is 0 Å². The Hall–Kier alpha value is 0.638. The van der Waals surface area contributed by atoms with Gasteiger partial charge in [0.25, 0.3) is 0 Å². The first-order valence-corrected chi connectivity index (χ1v) is 8.33. The van der Waals surface area contributed by atoms with Gasteiger partial charge in [-0.15, -0.1) is 0 Å². The minimum atomic E-state index is -4.64. The van der Waals surface area contributed by atoms with Crippen molar-refractivity contribution < 1.29 is 36.3 Å². The van der Waals surface area contributed by atoms with Crippen molar-refractivity contribution in [1.29, 1.82) is 0 Å². The maximum absolute atomic E-state index is 8.88. The first-order chi connectivity index (χ1) is 4.00. The van der Waals surface area contributed by atoms with Crippen molar-refractivity contribution in [2.75, 3.05) is 0 Å². The van der Waals surface area contributed by atoms with Crippen LogP contribution in [0.1, 0.15) is 0 Å². The van der Waals surface area contributed by atoms with Crippen LogP contribution in [0.4, 0.5) is 0 Å². The third-order valence-corrected chi connectivity index (χ3v) is 0. The van der Waals surface area contributed by atoms with E-state index in [0.717, 1.165) is 0 Å². The summed E-state index contributed by atoms with van der Waals surface area (Å²) >= 11 is -2.94. The summed E-state index contributed by atoms with van der Waals surface area (Å²) in [4.78, 5) is 21.6. The number of rotatable bonds is 0. The Balaban J connectivity index is 0. The van der Waals surface area contributed by atoms with Crippen LogP contribution in [-0.4, -0.2) is 14.7 Å². The van der Waals surface area contributed by atoms with Crippen molar-refractivity contribution in [3.8, 4) is 0 Å². The Kier molecular flexibility index (Phi) is 5.96. The molecule has 70 valence electrons. The van der Waals surface area contributed by atoms with Gasteiger partial charge in [0.15, 0.2) is 0 Å². The molecule has 0 saturated carbocycles. The number of nitrogens with two attached hydrogens (primary N) is 4. The fourth-order valence-electron chi connectivity index (χ4n) is 0. The Morgan fingerprint density at radius 2 is 1.00 bits per heavy atom. The second-order valence-electron chi connectivity index (χ2n) is 1.15. The van der Waals surface area contributed by atoms with Gasteiger partial charge in [0.2, 0.25) is 0 Å². The van der Waals surface area contributed by atoms with Crippen molar-refractivity contribution in [2.45, 2.75) is 0 Å². The number of hydrogen-bond acceptors (Lipinski definition) is 5. The van der Waals surface area contributed by atoms with Crippen LogP contribution < -0.4 is 17.2 Å². The van der Waals surface area contributed by atoms with Gasteiger partial charge in [-0.05, 0) is 0 Å². The molecule has 8 nitrogen and oxygen atoms in total. The van der Waals surface area contributed by atoms with E-state index in [2.05, 4.69) is 0 Å². The molecule has 0 radical (unpaired) electrons. The zero-order valence-corrected chi connectivity index (χ0v) is 7.99. The molecule has 0 aliphatic heterocycles. The molecule has 11 N–H and O–H groups in total. The average molecular weight is 357 g/mol. The van der Waals surface area contributed by atoms with E-state index < -0.39 is 24.9 Å². The summed E-state index contributed by atoms with van der Waals surface area (Å²) in [7, 11) is -4.64. The predicted molar refractivity (Wildman–Crippen MR) is 31.0 cm³/mol. The molecular formula is H11N4O4PPt. The van der Waals surface area contributed by atoms with Crippen molar-refractivity contribution in [3.63, 3.8) is 0 Å². The van der Waals surface area contributed by atoms with Crippen LogP contribution >= 0.6 is 7.82 Å². The topological polar surface area (TPSA) is 182 Å². The summed E-state index contributed by atoms with van der Waals surface area (Å²) in [6.07, 6.45) is 0. The summed E-state index contributed by atoms with van der Waals surface area (Å²) in [6.45, 7) is 0. The summed E-state index contributed by atoms with van der Waals surface area (Å²) in [5.41, 5.74) is 0. The molecular weight excluding hydrogens is 346 g/mol. The fraction of sp³-hybridized carbons (Fsp3) is 0. The molecule has 0 aromatic heterocycles. The molecule has 10 heteroatoms. The van der Waals surface area contributed by atoms with Gasteiger partial charge in [0, 0.05) is 0 Å². The fourth-order valence-corrected chi connectivity index (χ4v) is 0. The van der Waals surface area contributed by atoms with E-state index >= 15 is 0 Å². The normalized spacial score (nSPS) is 13.5. The molecule has 0 heterocycles. The molecule has 10 heavy (non-hydrogen) atoms. The molecule has 0 spiro atoms. The van der Waals surface area contributed by atoms with Crippen molar-refractivity contribution in [1.82, 2.24) is 0 Å². The third-order valence-electron chi connectivity index (χ3n) is 0. The molecule has 0 atom stereocenters. The van der Waals surface area contributed by atoms with E-state index in [1.165, 1.54) is 0 Å². The Bertz CT molecular complexity index is 109. The van der Waals surface area contributed by atoms with Gasteiger partial charge in [0.05, 0.1) is 0 Å². The van der Waals surface area contributed by atoms with Crippen LogP contribution in [0.5, 0.6) is 0 Å². The number of hydrogen-bond donors (Lipinski definition) is 7. The van der Waals surface area contributed by atoms with Gasteiger partial charge in [-0.3, -0.25) is 0 Å². The van der Waals surface area contributed by atoms with Crippen LogP contribution in [0.2, 0.25) is 0 Å². The predicted octanol–water partition coefficient (Wildman–Crippen LogP) is -3.29. The zero-order chi connectivity index (χ0) is 9.00. The van der Waals surface area contributed by atoms with Crippen LogP contribution in [0, 0.1) is 0 Å². The van der Waals surface area contributed by atoms with Gasteiger partial charge in [-0.25, -0.2) is 4.57 Å². The standard InChI is InChI=1S/4H2N.H3O4P.Pt/c;;;;1-5(2,3)4;/h4*1H2;(H3,1,2,3,4);/q4*-1;;+4. The van der Waals surface area contributed by atoms with Crippen molar-refractivity contribution in [3.05, 3.63) is 0 Å². The maximum atomic E-state index is 8.88. The third kappa shape index (κ3) is 1240. The van der Waals surface area contributed by atoms with Crippen molar-refractivity contribution >= 4 is 7.82 Å². The Labute approximate surface area is 61.8 Å². The molecule has 0 aromatic rings. The summed E-state index contributed by atoms with van der Waals surface area (Å²) in [5.74, 6) is 0. The molecule has 0 bridgehead atoms. The monoisotopic (exact) mass is 357 g/mol. The van der Waals surface area contributed by atoms with Crippen LogP contribution in [0.15, 0.2) is 0 Å². The van der Waals surface area contributed by atoms with E-state index in [9.17, 15) is 0 Å². The summed E-state index contributed by atoms with van der Waals surface area (Å²) in [6, 6.07) is 0. The minimum absolute atomic E-state index is 2.94. The van der Waals surface area contributed by atoms with Gasteiger partial charge in [-0.2, -0.15) is 0 Å². The van der Waals surface area contributed by atoms with Gasteiger partial charge in [0.1, 0.15) is 0 Å². The zero-order valence-electron chi connectivity index (χ0n) is 4.82. The molecule has 0 amide bonds. The second kappa shape index (κ2) is 4.50. The van der Waals surface area contributed by atoms with E-state index in [-0.39, 0.29) is 0 Å². The molecule has 0 unspecified atom stereocenters. The van der Waals surface area contributed by atoms with Crippen LogP contribution in [0.3, 0.4) is 0 Å². The molecule has 0 rings (SSSR count). The molecule has 0 fully saturated rings. The molecule has 0 aliphatic rings. The van der Waals surface area contributed by atoms with E-state index in [1.54, 1.807) is 0 Å². The summed E-state index contributed by atoms with van der Waals surface area (Å²) in [5, 5.41) is 0. The number of phosphoric acid groups is 1. The van der Waals surface area contributed by atoms with Gasteiger partial charge < -0.3 is 14.7 Å². The second-order valence-corrected chi connectivity index (χ2v) is 6.72. The first kappa shape index (κ1) is 13.2. The average Bonchev–Trinajstić information content (AvgIpc) is 1.12. The summed E-state index contributed by atoms with van der Waals surface area (Å²) < 4.78 is 28.4. The van der Waals surface area contributed by atoms with E-state index in [4.69, 9.17) is 36.4 Å². The van der Waals surface area contributed by atoms with Gasteiger partial charge >= 0.3 is 42.1 Å². The Morgan fingerprint density at radius 1 is 1.00 bits per heavy atom. The van der Waals surface area contributed by atoms with Gasteiger partial charge in [-0.1, -0.05) is 0 Å². The molecule has 0 aromatic carbocycles. The SMILES string of the molecule is O=P(O)(O)O.[NH2][Pt]([NH2])([NH2])[NH2]. The van der Waals surface area contributed by atoms with Crippen LogP contribution in [-0.2, 0) is 21.6 Å². The van der Waals surface area contributed by atoms with Crippen LogP contribution in [0.25, 0.3) is 0 Å². The molecule has 0 aliphatic carbocycles. The molecule has 0 saturated heterocycles. The van der Waals surface area contributed by atoms with Crippen molar-refractivity contribution in [2.24, 2.45) is 17.2 Å².